The summed E-state index contributed by atoms with van der Waals surface area (Å²) < 4.78 is 8.61. The zero-order chi connectivity index (χ0) is 21.3. The van der Waals surface area contributed by atoms with E-state index in [1.165, 1.54) is 9.13 Å². The molecule has 0 aliphatic rings. The number of aromatic carboxylic acids is 1. The number of ether oxygens (including phenoxy) is 1. The van der Waals surface area contributed by atoms with Crippen LogP contribution in [0, 0.1) is 0 Å². The summed E-state index contributed by atoms with van der Waals surface area (Å²) in [4.78, 5) is 38.0. The number of benzene rings is 1. The number of carboxylic acid groups (broad SMARTS) is 1. The van der Waals surface area contributed by atoms with E-state index in [2.05, 4.69) is 0 Å². The first kappa shape index (κ1) is 20.4. The second-order valence-electron chi connectivity index (χ2n) is 7.14. The van der Waals surface area contributed by atoms with Crippen LogP contribution in [0.2, 0.25) is 0 Å². The second-order valence-corrected chi connectivity index (χ2v) is 7.14. The monoisotopic (exact) mass is 396 g/mol. The summed E-state index contributed by atoms with van der Waals surface area (Å²) in [7, 11) is 1.59. The number of aromatic nitrogens is 2. The molecule has 152 valence electrons. The molecule has 2 aromatic heterocycles. The smallest absolute Gasteiger partial charge is 0.356 e. The molecule has 0 atom stereocenters. The van der Waals surface area contributed by atoms with E-state index in [4.69, 9.17) is 4.74 Å². The van der Waals surface area contributed by atoms with Gasteiger partial charge in [0.15, 0.2) is 17.2 Å². The fourth-order valence-electron chi connectivity index (χ4n) is 3.47. The van der Waals surface area contributed by atoms with Crippen LogP contribution in [0.15, 0.2) is 41.2 Å². The molecule has 0 saturated carbocycles. The largest absolute Gasteiger partial charge is 0.488 e. The number of fused-ring (bicyclic) bond motifs is 1. The van der Waals surface area contributed by atoms with Crippen molar-refractivity contribution in [3.8, 4) is 5.75 Å². The Bertz CT molecular complexity index is 1140. The summed E-state index contributed by atoms with van der Waals surface area (Å²) in [5.41, 5.74) is 1.13. The van der Waals surface area contributed by atoms with Crippen LogP contribution in [0.4, 0.5) is 0 Å². The van der Waals surface area contributed by atoms with Crippen LogP contribution in [-0.2, 0) is 20.0 Å². The van der Waals surface area contributed by atoms with Gasteiger partial charge in [0.1, 0.15) is 5.39 Å². The zero-order valence-corrected chi connectivity index (χ0v) is 16.9. The molecule has 0 aliphatic carbocycles. The summed E-state index contributed by atoms with van der Waals surface area (Å²) >= 11 is 0. The molecule has 0 spiro atoms. The lowest BCUT2D eigenvalue weighted by atomic mass is 10.1. The van der Waals surface area contributed by atoms with Crippen molar-refractivity contribution >= 4 is 22.7 Å². The third-order valence-corrected chi connectivity index (χ3v) is 4.82. The first-order valence-electron chi connectivity index (χ1n) is 9.49. The molecule has 7 nitrogen and oxygen atoms in total. The Morgan fingerprint density at radius 1 is 1.17 bits per heavy atom. The van der Waals surface area contributed by atoms with Crippen LogP contribution in [0.1, 0.15) is 47.3 Å². The molecule has 2 heterocycles. The number of Topliss-reactive ketones (excluding diaryl/α,β-unsaturated/α-hetero) is 1. The lowest BCUT2D eigenvalue weighted by molar-refractivity contribution is 0.0680. The molecule has 0 radical (unpaired) electrons. The number of nitrogens with zero attached hydrogens (tertiary/aromatic N) is 2. The topological polar surface area (TPSA) is 90.5 Å². The van der Waals surface area contributed by atoms with Gasteiger partial charge in [-0.05, 0) is 26.3 Å². The average Bonchev–Trinajstić information content (AvgIpc) is 2.95. The van der Waals surface area contributed by atoms with Gasteiger partial charge in [0.25, 0.3) is 5.56 Å². The van der Waals surface area contributed by atoms with E-state index in [1.54, 1.807) is 51.2 Å². The third-order valence-electron chi connectivity index (χ3n) is 4.82. The van der Waals surface area contributed by atoms with Gasteiger partial charge in [-0.25, -0.2) is 4.79 Å². The summed E-state index contributed by atoms with van der Waals surface area (Å²) in [6, 6.07) is 10.5. The second kappa shape index (κ2) is 7.95. The molecule has 3 rings (SSSR count). The SMILES string of the molecule is CCc1cc2c(c(OC(C)C)c(C(=O)O)n2C)c(=O)n1CC(=O)c1ccccc1. The average molecular weight is 396 g/mol. The first-order chi connectivity index (χ1) is 13.8. The predicted octanol–water partition coefficient (Wildman–Crippen LogP) is 3.27. The minimum absolute atomic E-state index is 0.0403. The van der Waals surface area contributed by atoms with Gasteiger partial charge in [-0.15, -0.1) is 0 Å². The van der Waals surface area contributed by atoms with Crippen LogP contribution in [0.5, 0.6) is 5.75 Å². The van der Waals surface area contributed by atoms with Crippen molar-refractivity contribution in [2.75, 3.05) is 0 Å². The third kappa shape index (κ3) is 3.68. The summed E-state index contributed by atoms with van der Waals surface area (Å²) in [5.74, 6) is -1.33. The molecule has 0 aliphatic heterocycles. The fraction of sp³-hybridized carbons (Fsp3) is 0.318. The number of aryl methyl sites for hydroxylation is 2. The van der Waals surface area contributed by atoms with Crippen molar-refractivity contribution in [1.29, 1.82) is 0 Å². The minimum Gasteiger partial charge on any atom is -0.488 e. The van der Waals surface area contributed by atoms with Crippen molar-refractivity contribution in [2.45, 2.75) is 39.8 Å². The van der Waals surface area contributed by atoms with Crippen LogP contribution >= 0.6 is 0 Å². The highest BCUT2D eigenvalue weighted by molar-refractivity contribution is 6.01. The van der Waals surface area contributed by atoms with Crippen molar-refractivity contribution in [2.24, 2.45) is 7.05 Å². The molecule has 0 unspecified atom stereocenters. The van der Waals surface area contributed by atoms with Gasteiger partial charge in [0.2, 0.25) is 0 Å². The molecule has 3 aromatic rings. The number of rotatable bonds is 7. The molecule has 0 bridgehead atoms. The molecule has 0 saturated heterocycles. The lowest BCUT2D eigenvalue weighted by Gasteiger charge is -2.13. The Kier molecular flexibility index (Phi) is 5.59. The van der Waals surface area contributed by atoms with E-state index < -0.39 is 11.5 Å². The fourth-order valence-corrected chi connectivity index (χ4v) is 3.47. The van der Waals surface area contributed by atoms with Crippen LogP contribution < -0.4 is 10.3 Å². The molecule has 7 heteroatoms. The molecule has 29 heavy (non-hydrogen) atoms. The Balaban J connectivity index is 2.26. The number of ketones is 1. The maximum atomic E-state index is 13.4. The Morgan fingerprint density at radius 2 is 1.83 bits per heavy atom. The Labute approximate surface area is 168 Å². The standard InChI is InChI=1S/C22H24N2O5/c1-5-15-11-16-18(20(29-13(2)3)19(22(27)28)23(16)4)21(26)24(15)12-17(25)14-9-7-6-8-10-14/h6-11,13H,5,12H2,1-4H3,(H,27,28). The molecular formula is C22H24N2O5. The molecule has 0 amide bonds. The van der Waals surface area contributed by atoms with Crippen molar-refractivity contribution in [3.63, 3.8) is 0 Å². The Morgan fingerprint density at radius 3 is 2.38 bits per heavy atom. The predicted molar refractivity (Wildman–Crippen MR) is 110 cm³/mol. The van der Waals surface area contributed by atoms with Gasteiger partial charge in [-0.3, -0.25) is 9.59 Å². The van der Waals surface area contributed by atoms with Gasteiger partial charge < -0.3 is 19.0 Å². The number of hydrogen-bond donors (Lipinski definition) is 1. The highest BCUT2D eigenvalue weighted by Gasteiger charge is 2.27. The molecule has 0 fully saturated rings. The highest BCUT2D eigenvalue weighted by atomic mass is 16.5. The van der Waals surface area contributed by atoms with Crippen LogP contribution in [-0.4, -0.2) is 32.1 Å². The van der Waals surface area contributed by atoms with E-state index in [0.29, 0.717) is 23.2 Å². The highest BCUT2D eigenvalue weighted by Crippen LogP contribution is 2.32. The quantitative estimate of drug-likeness (QED) is 0.619. The number of carbonyl (C=O) groups excluding carboxylic acids is 1. The van der Waals surface area contributed by atoms with Gasteiger partial charge in [-0.1, -0.05) is 37.3 Å². The zero-order valence-electron chi connectivity index (χ0n) is 16.9. The maximum absolute atomic E-state index is 13.4. The van der Waals surface area contributed by atoms with Gasteiger partial charge in [0, 0.05) is 18.3 Å². The van der Waals surface area contributed by atoms with E-state index in [0.717, 1.165) is 0 Å². The van der Waals surface area contributed by atoms with E-state index in [9.17, 15) is 19.5 Å². The normalized spacial score (nSPS) is 11.2. The number of hydrogen-bond acceptors (Lipinski definition) is 4. The van der Waals surface area contributed by atoms with Crippen molar-refractivity contribution in [3.05, 3.63) is 63.7 Å². The number of carboxylic acids is 1. The molecular weight excluding hydrogens is 372 g/mol. The summed E-state index contributed by atoms with van der Waals surface area (Å²) in [5, 5.41) is 9.85. The summed E-state index contributed by atoms with van der Waals surface area (Å²) in [6.07, 6.45) is 0.199. The van der Waals surface area contributed by atoms with E-state index >= 15 is 0 Å². The first-order valence-corrected chi connectivity index (χ1v) is 9.49. The number of pyridine rings is 1. The van der Waals surface area contributed by atoms with Crippen LogP contribution in [0.3, 0.4) is 0 Å². The minimum atomic E-state index is -1.18. The van der Waals surface area contributed by atoms with Crippen LogP contribution in [0.25, 0.3) is 10.9 Å². The van der Waals surface area contributed by atoms with Gasteiger partial charge in [-0.2, -0.15) is 0 Å². The van der Waals surface area contributed by atoms with Gasteiger partial charge >= 0.3 is 5.97 Å². The summed E-state index contributed by atoms with van der Waals surface area (Å²) in [6.45, 7) is 5.29. The van der Waals surface area contributed by atoms with Crippen molar-refractivity contribution < 1.29 is 19.4 Å². The van der Waals surface area contributed by atoms with E-state index in [-0.39, 0.29) is 35.3 Å². The number of carbonyl (C=O) groups is 2. The lowest BCUT2D eigenvalue weighted by Crippen LogP contribution is -2.27. The maximum Gasteiger partial charge on any atom is 0.356 e. The van der Waals surface area contributed by atoms with Crippen molar-refractivity contribution in [1.82, 2.24) is 9.13 Å². The van der Waals surface area contributed by atoms with Gasteiger partial charge in [0.05, 0.1) is 18.2 Å². The molecule has 1 N–H and O–H groups in total. The molecule has 1 aromatic carbocycles. The Hall–Kier alpha value is -3.35. The van der Waals surface area contributed by atoms with E-state index in [1.807, 2.05) is 13.0 Å².